The van der Waals surface area contributed by atoms with Gasteiger partial charge in [0.15, 0.2) is 5.65 Å². The number of benzene rings is 2. The first-order valence-corrected chi connectivity index (χ1v) is 11.9. The Balaban J connectivity index is 1.32. The third kappa shape index (κ3) is 4.82. The molecule has 7 nitrogen and oxygen atoms in total. The number of anilines is 2. The number of carbonyl (C=O) groups excluding carboxylic acids is 1. The van der Waals surface area contributed by atoms with Crippen LogP contribution in [0.25, 0.3) is 16.9 Å². The Bertz CT molecular complexity index is 1340. The topological polar surface area (TPSA) is 71.8 Å². The summed E-state index contributed by atoms with van der Waals surface area (Å²) < 4.78 is 20.8. The SMILES string of the molecule is CCOc1ccccc1NC(=O)C1CCN(c2cc(C)nc3cc(-c4ccc(F)cc4)nn23)CC1. The number of amides is 1. The van der Waals surface area contributed by atoms with Crippen LogP contribution in [0.1, 0.15) is 25.5 Å². The molecule has 1 amide bonds. The minimum absolute atomic E-state index is 0.0190. The molecule has 2 aromatic heterocycles. The number of carbonyl (C=O) groups is 1. The van der Waals surface area contributed by atoms with Gasteiger partial charge in [0.05, 0.1) is 18.0 Å². The number of para-hydroxylation sites is 2. The predicted molar refractivity (Wildman–Crippen MR) is 134 cm³/mol. The molecule has 1 aliphatic heterocycles. The minimum atomic E-state index is -0.277. The van der Waals surface area contributed by atoms with E-state index >= 15 is 0 Å². The minimum Gasteiger partial charge on any atom is -0.492 e. The van der Waals surface area contributed by atoms with E-state index in [4.69, 9.17) is 9.84 Å². The van der Waals surface area contributed by atoms with Crippen LogP contribution in [-0.4, -0.2) is 40.2 Å². The van der Waals surface area contributed by atoms with Gasteiger partial charge < -0.3 is 15.0 Å². The molecule has 8 heteroatoms. The van der Waals surface area contributed by atoms with Crippen LogP contribution >= 0.6 is 0 Å². The maximum absolute atomic E-state index is 13.4. The van der Waals surface area contributed by atoms with E-state index in [-0.39, 0.29) is 17.6 Å². The summed E-state index contributed by atoms with van der Waals surface area (Å²) >= 11 is 0. The third-order valence-corrected chi connectivity index (χ3v) is 6.31. The van der Waals surface area contributed by atoms with Crippen molar-refractivity contribution in [2.45, 2.75) is 26.7 Å². The molecule has 5 rings (SSSR count). The van der Waals surface area contributed by atoms with Crippen molar-refractivity contribution in [2.24, 2.45) is 5.92 Å². The molecule has 0 bridgehead atoms. The molecule has 4 aromatic rings. The highest BCUT2D eigenvalue weighted by atomic mass is 19.1. The van der Waals surface area contributed by atoms with Crippen LogP contribution in [0, 0.1) is 18.7 Å². The Morgan fingerprint density at radius 1 is 1.11 bits per heavy atom. The average molecular weight is 474 g/mol. The number of rotatable bonds is 6. The number of ether oxygens (including phenoxy) is 1. The molecule has 1 fully saturated rings. The fraction of sp³-hybridized carbons (Fsp3) is 0.296. The Kier molecular flexibility index (Phi) is 6.35. The van der Waals surface area contributed by atoms with E-state index in [1.807, 2.05) is 54.8 Å². The van der Waals surface area contributed by atoms with Gasteiger partial charge in [0.1, 0.15) is 17.4 Å². The fourth-order valence-corrected chi connectivity index (χ4v) is 4.52. The molecule has 1 saturated heterocycles. The summed E-state index contributed by atoms with van der Waals surface area (Å²) in [5.41, 5.74) is 3.92. The maximum atomic E-state index is 13.4. The molecule has 2 aromatic carbocycles. The smallest absolute Gasteiger partial charge is 0.227 e. The lowest BCUT2D eigenvalue weighted by Crippen LogP contribution is -2.39. The molecule has 3 heterocycles. The van der Waals surface area contributed by atoms with E-state index < -0.39 is 0 Å². The zero-order valence-corrected chi connectivity index (χ0v) is 19.9. The first-order valence-electron chi connectivity index (χ1n) is 11.9. The van der Waals surface area contributed by atoms with Crippen LogP contribution in [-0.2, 0) is 4.79 Å². The van der Waals surface area contributed by atoms with Crippen molar-refractivity contribution >= 4 is 23.1 Å². The number of aryl methyl sites for hydroxylation is 1. The molecule has 180 valence electrons. The van der Waals surface area contributed by atoms with Gasteiger partial charge in [-0.3, -0.25) is 4.79 Å². The van der Waals surface area contributed by atoms with Gasteiger partial charge in [0.25, 0.3) is 0 Å². The first-order chi connectivity index (χ1) is 17.0. The summed E-state index contributed by atoms with van der Waals surface area (Å²) in [5, 5.41) is 7.81. The molecule has 1 N–H and O–H groups in total. The molecular formula is C27H28FN5O2. The van der Waals surface area contributed by atoms with Crippen LogP contribution < -0.4 is 15.0 Å². The molecule has 0 saturated carbocycles. The van der Waals surface area contributed by atoms with Crippen LogP contribution in [0.3, 0.4) is 0 Å². The molecule has 0 atom stereocenters. The van der Waals surface area contributed by atoms with Gasteiger partial charge in [-0.05, 0) is 63.1 Å². The van der Waals surface area contributed by atoms with E-state index in [2.05, 4.69) is 15.2 Å². The Hall–Kier alpha value is -3.94. The van der Waals surface area contributed by atoms with Crippen molar-refractivity contribution in [3.8, 4) is 17.0 Å². The number of nitrogens with one attached hydrogen (secondary N) is 1. The van der Waals surface area contributed by atoms with E-state index in [0.29, 0.717) is 18.0 Å². The summed E-state index contributed by atoms with van der Waals surface area (Å²) in [6.07, 6.45) is 1.47. The third-order valence-electron chi connectivity index (χ3n) is 6.31. The molecule has 0 unspecified atom stereocenters. The first kappa shape index (κ1) is 22.8. The standard InChI is InChI=1S/C27H28FN5O2/c1-3-35-24-7-5-4-6-22(24)30-27(34)20-12-14-32(15-13-20)26-16-18(2)29-25-17-23(31-33(25)26)19-8-10-21(28)11-9-19/h4-11,16-17,20H,3,12-15H2,1-2H3,(H,30,34). The molecular weight excluding hydrogens is 445 g/mol. The van der Waals surface area contributed by atoms with Crippen molar-refractivity contribution in [3.63, 3.8) is 0 Å². The summed E-state index contributed by atoms with van der Waals surface area (Å²) in [5.74, 6) is 1.30. The molecule has 0 aliphatic carbocycles. The summed E-state index contributed by atoms with van der Waals surface area (Å²) in [6.45, 7) is 5.89. The predicted octanol–water partition coefficient (Wildman–Crippen LogP) is 5.10. The van der Waals surface area contributed by atoms with Crippen molar-refractivity contribution in [3.05, 3.63) is 72.2 Å². The molecule has 0 radical (unpaired) electrons. The van der Waals surface area contributed by atoms with Gasteiger partial charge in [0, 0.05) is 42.4 Å². The van der Waals surface area contributed by atoms with Gasteiger partial charge >= 0.3 is 0 Å². The number of nitrogens with zero attached hydrogens (tertiary/aromatic N) is 4. The van der Waals surface area contributed by atoms with E-state index in [1.165, 1.54) is 12.1 Å². The largest absolute Gasteiger partial charge is 0.492 e. The Labute approximate surface area is 203 Å². The maximum Gasteiger partial charge on any atom is 0.227 e. The lowest BCUT2D eigenvalue weighted by molar-refractivity contribution is -0.120. The van der Waals surface area contributed by atoms with Crippen molar-refractivity contribution in [2.75, 3.05) is 29.9 Å². The fourth-order valence-electron chi connectivity index (χ4n) is 4.52. The van der Waals surface area contributed by atoms with Crippen molar-refractivity contribution in [1.82, 2.24) is 14.6 Å². The normalized spacial score (nSPS) is 14.3. The van der Waals surface area contributed by atoms with E-state index in [1.54, 1.807) is 12.1 Å². The zero-order valence-electron chi connectivity index (χ0n) is 19.9. The monoisotopic (exact) mass is 473 g/mol. The number of piperidine rings is 1. The number of halogens is 1. The van der Waals surface area contributed by atoms with Gasteiger partial charge in [0.2, 0.25) is 5.91 Å². The Morgan fingerprint density at radius 2 is 1.86 bits per heavy atom. The zero-order chi connectivity index (χ0) is 24.4. The second kappa shape index (κ2) is 9.74. The van der Waals surface area contributed by atoms with Gasteiger partial charge in [-0.15, -0.1) is 0 Å². The van der Waals surface area contributed by atoms with E-state index in [9.17, 15) is 9.18 Å². The highest BCUT2D eigenvalue weighted by Crippen LogP contribution is 2.29. The van der Waals surface area contributed by atoms with Gasteiger partial charge in [-0.2, -0.15) is 9.61 Å². The number of aromatic nitrogens is 3. The summed E-state index contributed by atoms with van der Waals surface area (Å²) in [6, 6.07) is 17.8. The van der Waals surface area contributed by atoms with Gasteiger partial charge in [-0.1, -0.05) is 12.1 Å². The lowest BCUT2D eigenvalue weighted by atomic mass is 9.95. The number of hydrogen-bond donors (Lipinski definition) is 1. The molecule has 1 aliphatic rings. The second-order valence-corrected chi connectivity index (χ2v) is 8.74. The van der Waals surface area contributed by atoms with Crippen molar-refractivity contribution in [1.29, 1.82) is 0 Å². The highest BCUT2D eigenvalue weighted by Gasteiger charge is 2.27. The second-order valence-electron chi connectivity index (χ2n) is 8.74. The number of hydrogen-bond acceptors (Lipinski definition) is 5. The summed E-state index contributed by atoms with van der Waals surface area (Å²) in [7, 11) is 0. The summed E-state index contributed by atoms with van der Waals surface area (Å²) in [4.78, 5) is 19.9. The van der Waals surface area contributed by atoms with Crippen LogP contribution in [0.5, 0.6) is 5.75 Å². The average Bonchev–Trinajstić information content (AvgIpc) is 3.29. The van der Waals surface area contributed by atoms with Crippen LogP contribution in [0.4, 0.5) is 15.9 Å². The van der Waals surface area contributed by atoms with Crippen LogP contribution in [0.15, 0.2) is 60.7 Å². The quantitative estimate of drug-likeness (QED) is 0.422. The van der Waals surface area contributed by atoms with E-state index in [0.717, 1.165) is 54.3 Å². The lowest BCUT2D eigenvalue weighted by Gasteiger charge is -2.33. The number of fused-ring (bicyclic) bond motifs is 1. The molecule has 35 heavy (non-hydrogen) atoms. The highest BCUT2D eigenvalue weighted by molar-refractivity contribution is 5.94. The van der Waals surface area contributed by atoms with Crippen LogP contribution in [0.2, 0.25) is 0 Å². The van der Waals surface area contributed by atoms with Gasteiger partial charge in [-0.25, -0.2) is 9.37 Å². The van der Waals surface area contributed by atoms with Crippen molar-refractivity contribution < 1.29 is 13.9 Å². The Morgan fingerprint density at radius 3 is 2.60 bits per heavy atom. The molecule has 0 spiro atoms.